The topological polar surface area (TPSA) is 52.7 Å². The number of aryl methyl sites for hydroxylation is 1. The number of rotatable bonds is 8. The minimum atomic E-state index is -3.43. The van der Waals surface area contributed by atoms with Gasteiger partial charge >= 0.3 is 0 Å². The van der Waals surface area contributed by atoms with Gasteiger partial charge in [-0.25, -0.2) is 8.42 Å². The van der Waals surface area contributed by atoms with Crippen molar-refractivity contribution in [3.8, 4) is 0 Å². The summed E-state index contributed by atoms with van der Waals surface area (Å²) < 4.78 is 27.4. The monoisotopic (exact) mass is 333 g/mol. The minimum Gasteiger partial charge on any atom is -0.315 e. The summed E-state index contributed by atoms with van der Waals surface area (Å²) in [4.78, 5) is 4.36. The van der Waals surface area contributed by atoms with Crippen molar-refractivity contribution in [1.82, 2.24) is 14.5 Å². The van der Waals surface area contributed by atoms with Gasteiger partial charge in [-0.1, -0.05) is 6.92 Å². The molecule has 1 aromatic rings. The molecule has 1 unspecified atom stereocenters. The molecular formula is C14H27N3O2S2. The van der Waals surface area contributed by atoms with Crippen molar-refractivity contribution in [2.24, 2.45) is 0 Å². The molecule has 0 saturated heterocycles. The second kappa shape index (κ2) is 7.69. The van der Waals surface area contributed by atoms with Gasteiger partial charge < -0.3 is 10.2 Å². The molecule has 1 heterocycles. The van der Waals surface area contributed by atoms with E-state index in [9.17, 15) is 8.42 Å². The first kappa shape index (κ1) is 18.6. The molecule has 1 rings (SSSR count). The third kappa shape index (κ3) is 4.50. The summed E-state index contributed by atoms with van der Waals surface area (Å²) in [6.07, 6.45) is 0. The van der Waals surface area contributed by atoms with Crippen molar-refractivity contribution in [3.05, 3.63) is 15.8 Å². The Balaban J connectivity index is 3.12. The number of thiophene rings is 1. The van der Waals surface area contributed by atoms with Gasteiger partial charge in [0, 0.05) is 35.4 Å². The molecule has 0 saturated carbocycles. The number of sulfonamides is 1. The van der Waals surface area contributed by atoms with E-state index in [1.807, 2.05) is 46.8 Å². The Hall–Kier alpha value is -0.470. The number of nitrogens with zero attached hydrogens (tertiary/aromatic N) is 2. The average molecular weight is 334 g/mol. The molecule has 0 bridgehead atoms. The fraction of sp³-hybridized carbons (Fsp3) is 0.714. The standard InChI is InChI=1S/C14H27N3O2S2/c1-7-17(11(2)10-16(5)6)21(18,19)14-8-13(9-15-4)20-12(14)3/h8,11,15H,7,9-10H2,1-6H3. The maximum Gasteiger partial charge on any atom is 0.244 e. The lowest BCUT2D eigenvalue weighted by molar-refractivity contribution is 0.271. The number of hydrogen-bond donors (Lipinski definition) is 1. The van der Waals surface area contributed by atoms with E-state index in [2.05, 4.69) is 5.32 Å². The van der Waals surface area contributed by atoms with Crippen LogP contribution in [0.5, 0.6) is 0 Å². The van der Waals surface area contributed by atoms with Crippen LogP contribution in [0.1, 0.15) is 23.6 Å². The molecule has 122 valence electrons. The predicted molar refractivity (Wildman–Crippen MR) is 89.4 cm³/mol. The average Bonchev–Trinajstić information content (AvgIpc) is 2.71. The molecule has 1 N–H and O–H groups in total. The molecule has 21 heavy (non-hydrogen) atoms. The van der Waals surface area contributed by atoms with Crippen LogP contribution in [0.25, 0.3) is 0 Å². The van der Waals surface area contributed by atoms with Crippen molar-refractivity contribution in [3.63, 3.8) is 0 Å². The lowest BCUT2D eigenvalue weighted by Crippen LogP contribution is -2.43. The SMILES string of the molecule is CCN(C(C)CN(C)C)S(=O)(=O)c1cc(CNC)sc1C. The highest BCUT2D eigenvalue weighted by molar-refractivity contribution is 7.89. The van der Waals surface area contributed by atoms with Crippen molar-refractivity contribution in [2.75, 3.05) is 34.2 Å². The summed E-state index contributed by atoms with van der Waals surface area (Å²) in [7, 11) is 2.34. The van der Waals surface area contributed by atoms with Crippen LogP contribution in [0.3, 0.4) is 0 Å². The molecule has 1 aromatic heterocycles. The highest BCUT2D eigenvalue weighted by Gasteiger charge is 2.30. The van der Waals surface area contributed by atoms with E-state index in [-0.39, 0.29) is 6.04 Å². The van der Waals surface area contributed by atoms with Gasteiger partial charge in [-0.3, -0.25) is 0 Å². The fourth-order valence-electron chi connectivity index (χ4n) is 2.51. The van der Waals surface area contributed by atoms with Crippen LogP contribution < -0.4 is 5.32 Å². The Kier molecular flexibility index (Phi) is 6.80. The zero-order valence-corrected chi connectivity index (χ0v) is 15.4. The van der Waals surface area contributed by atoms with Crippen molar-refractivity contribution in [1.29, 1.82) is 0 Å². The van der Waals surface area contributed by atoms with Gasteiger partial charge in [0.15, 0.2) is 0 Å². The molecular weight excluding hydrogens is 306 g/mol. The van der Waals surface area contributed by atoms with E-state index < -0.39 is 10.0 Å². The number of likely N-dealkylation sites (N-methyl/N-ethyl adjacent to an activating group) is 2. The van der Waals surface area contributed by atoms with Gasteiger partial charge in [0.2, 0.25) is 10.0 Å². The van der Waals surface area contributed by atoms with Gasteiger partial charge in [-0.05, 0) is 41.1 Å². The Labute approximate surface area is 133 Å². The molecule has 0 aliphatic carbocycles. The van der Waals surface area contributed by atoms with E-state index >= 15 is 0 Å². The Morgan fingerprint density at radius 3 is 2.48 bits per heavy atom. The van der Waals surface area contributed by atoms with E-state index in [4.69, 9.17) is 0 Å². The summed E-state index contributed by atoms with van der Waals surface area (Å²) >= 11 is 1.54. The molecule has 0 radical (unpaired) electrons. The highest BCUT2D eigenvalue weighted by Crippen LogP contribution is 2.29. The Morgan fingerprint density at radius 1 is 1.38 bits per heavy atom. The quantitative estimate of drug-likeness (QED) is 0.787. The van der Waals surface area contributed by atoms with Crippen LogP contribution in [0.2, 0.25) is 0 Å². The highest BCUT2D eigenvalue weighted by atomic mass is 32.2. The van der Waals surface area contributed by atoms with E-state index in [0.717, 1.165) is 9.75 Å². The summed E-state index contributed by atoms with van der Waals surface area (Å²) in [5.41, 5.74) is 0. The maximum absolute atomic E-state index is 12.9. The van der Waals surface area contributed by atoms with Gasteiger partial charge in [-0.2, -0.15) is 4.31 Å². The summed E-state index contributed by atoms with van der Waals surface area (Å²) in [5.74, 6) is 0. The van der Waals surface area contributed by atoms with Crippen molar-refractivity contribution >= 4 is 21.4 Å². The van der Waals surface area contributed by atoms with Crippen molar-refractivity contribution < 1.29 is 8.42 Å². The first-order valence-corrected chi connectivity index (χ1v) is 9.40. The third-order valence-corrected chi connectivity index (χ3v) is 6.69. The van der Waals surface area contributed by atoms with Crippen LogP contribution in [0.4, 0.5) is 0 Å². The van der Waals surface area contributed by atoms with E-state index in [1.54, 1.807) is 21.7 Å². The third-order valence-electron chi connectivity index (χ3n) is 3.29. The Morgan fingerprint density at radius 2 is 2.00 bits per heavy atom. The van der Waals surface area contributed by atoms with Crippen LogP contribution in [-0.2, 0) is 16.6 Å². The van der Waals surface area contributed by atoms with Gasteiger partial charge in [-0.15, -0.1) is 11.3 Å². The smallest absolute Gasteiger partial charge is 0.244 e. The van der Waals surface area contributed by atoms with Crippen molar-refractivity contribution in [2.45, 2.75) is 38.3 Å². The number of nitrogens with one attached hydrogen (secondary N) is 1. The van der Waals surface area contributed by atoms with Crippen LogP contribution in [0.15, 0.2) is 11.0 Å². The summed E-state index contributed by atoms with van der Waals surface area (Å²) in [5, 5.41) is 3.06. The fourth-order valence-corrected chi connectivity index (χ4v) is 5.76. The zero-order chi connectivity index (χ0) is 16.2. The molecule has 0 aliphatic heterocycles. The number of hydrogen-bond acceptors (Lipinski definition) is 5. The largest absolute Gasteiger partial charge is 0.315 e. The summed E-state index contributed by atoms with van der Waals surface area (Å²) in [6, 6.07) is 1.75. The lowest BCUT2D eigenvalue weighted by Gasteiger charge is -2.29. The van der Waals surface area contributed by atoms with Crippen LogP contribution >= 0.6 is 11.3 Å². The predicted octanol–water partition coefficient (Wildman–Crippen LogP) is 1.74. The minimum absolute atomic E-state index is 0.0537. The Bertz CT molecular complexity index is 553. The van der Waals surface area contributed by atoms with Gasteiger partial charge in [0.05, 0.1) is 4.90 Å². The first-order valence-electron chi connectivity index (χ1n) is 7.14. The lowest BCUT2D eigenvalue weighted by atomic mass is 10.3. The van der Waals surface area contributed by atoms with E-state index in [0.29, 0.717) is 24.5 Å². The molecule has 0 amide bonds. The second-order valence-corrected chi connectivity index (χ2v) is 8.68. The second-order valence-electron chi connectivity index (χ2n) is 5.48. The molecule has 5 nitrogen and oxygen atoms in total. The maximum atomic E-state index is 12.9. The van der Waals surface area contributed by atoms with Gasteiger partial charge in [0.25, 0.3) is 0 Å². The molecule has 0 aliphatic rings. The molecule has 0 aromatic carbocycles. The van der Waals surface area contributed by atoms with Gasteiger partial charge in [0.1, 0.15) is 0 Å². The molecule has 0 spiro atoms. The normalized spacial score (nSPS) is 14.1. The van der Waals surface area contributed by atoms with E-state index in [1.165, 1.54) is 0 Å². The summed E-state index contributed by atoms with van der Waals surface area (Å²) in [6.45, 7) is 7.60. The van der Waals surface area contributed by atoms with Crippen LogP contribution in [-0.4, -0.2) is 57.9 Å². The van der Waals surface area contributed by atoms with Crippen LogP contribution in [0, 0.1) is 6.92 Å². The molecule has 0 fully saturated rings. The molecule has 1 atom stereocenters. The first-order chi connectivity index (χ1) is 9.73. The zero-order valence-electron chi connectivity index (χ0n) is 13.8. The molecule has 7 heteroatoms.